The summed E-state index contributed by atoms with van der Waals surface area (Å²) in [5, 5.41) is 10.1. The molecule has 1 N–H and O–H groups in total. The third-order valence-electron chi connectivity index (χ3n) is 3.01. The lowest BCUT2D eigenvalue weighted by atomic mass is 9.96. The van der Waals surface area contributed by atoms with Crippen LogP contribution in [-0.4, -0.2) is 5.11 Å². The summed E-state index contributed by atoms with van der Waals surface area (Å²) in [5.74, 6) is -0.989. The van der Waals surface area contributed by atoms with Crippen LogP contribution in [0, 0.1) is 12.7 Å². The third-order valence-corrected chi connectivity index (χ3v) is 3.01. The van der Waals surface area contributed by atoms with Crippen LogP contribution in [0.25, 0.3) is 0 Å². The second-order valence-electron chi connectivity index (χ2n) is 4.54. The molecule has 0 aliphatic heterocycles. The van der Waals surface area contributed by atoms with Gasteiger partial charge in [-0.25, -0.2) is 4.39 Å². The minimum atomic E-state index is -4.72. The van der Waals surface area contributed by atoms with Crippen molar-refractivity contribution in [1.29, 1.82) is 0 Å². The average molecular weight is 284 g/mol. The van der Waals surface area contributed by atoms with Crippen LogP contribution in [0.2, 0.25) is 0 Å². The lowest BCUT2D eigenvalue weighted by molar-refractivity contribution is -0.139. The Bertz CT molecular complexity index is 602. The van der Waals surface area contributed by atoms with Gasteiger partial charge < -0.3 is 5.11 Å². The minimum absolute atomic E-state index is 0.327. The highest BCUT2D eigenvalue weighted by atomic mass is 19.4. The van der Waals surface area contributed by atoms with Crippen molar-refractivity contribution in [3.05, 3.63) is 70.5 Å². The fourth-order valence-electron chi connectivity index (χ4n) is 1.94. The minimum Gasteiger partial charge on any atom is -0.384 e. The van der Waals surface area contributed by atoms with Gasteiger partial charge in [0.25, 0.3) is 0 Å². The van der Waals surface area contributed by atoms with E-state index in [1.807, 2.05) is 6.92 Å². The SMILES string of the molecule is Cc1ccc(C(O)c2ccc(F)cc2C(F)(F)F)cc1. The predicted molar refractivity (Wildman–Crippen MR) is 66.6 cm³/mol. The van der Waals surface area contributed by atoms with Gasteiger partial charge in [-0.3, -0.25) is 0 Å². The van der Waals surface area contributed by atoms with Crippen molar-refractivity contribution >= 4 is 0 Å². The molecule has 0 aromatic heterocycles. The summed E-state index contributed by atoms with van der Waals surface area (Å²) in [6, 6.07) is 8.73. The summed E-state index contributed by atoms with van der Waals surface area (Å²) in [6.45, 7) is 1.83. The Morgan fingerprint density at radius 3 is 2.15 bits per heavy atom. The smallest absolute Gasteiger partial charge is 0.384 e. The predicted octanol–water partition coefficient (Wildman–Crippen LogP) is 4.23. The molecule has 0 fully saturated rings. The highest BCUT2D eigenvalue weighted by Gasteiger charge is 2.35. The molecule has 2 rings (SSSR count). The summed E-state index contributed by atoms with van der Waals surface area (Å²) >= 11 is 0. The lowest BCUT2D eigenvalue weighted by Crippen LogP contribution is -2.13. The number of alkyl halides is 3. The third kappa shape index (κ3) is 2.99. The molecule has 5 heteroatoms. The standard InChI is InChI=1S/C15H12F4O/c1-9-2-4-10(5-3-9)14(20)12-7-6-11(16)8-13(12)15(17,18)19/h2-8,14,20H,1H3. The Kier molecular flexibility index (Phi) is 3.81. The van der Waals surface area contributed by atoms with E-state index in [4.69, 9.17) is 0 Å². The number of hydrogen-bond acceptors (Lipinski definition) is 1. The number of aliphatic hydroxyl groups excluding tert-OH is 1. The molecular weight excluding hydrogens is 272 g/mol. The van der Waals surface area contributed by atoms with Crippen molar-refractivity contribution in [2.45, 2.75) is 19.2 Å². The van der Waals surface area contributed by atoms with Crippen molar-refractivity contribution in [1.82, 2.24) is 0 Å². The number of hydrogen-bond donors (Lipinski definition) is 1. The molecule has 0 aliphatic rings. The molecule has 2 aromatic carbocycles. The molecule has 0 saturated heterocycles. The van der Waals surface area contributed by atoms with E-state index in [9.17, 15) is 22.7 Å². The van der Waals surface area contributed by atoms with Crippen LogP contribution in [0.1, 0.15) is 28.4 Å². The normalized spacial score (nSPS) is 13.3. The maximum absolute atomic E-state index is 13.0. The van der Waals surface area contributed by atoms with Gasteiger partial charge in [-0.05, 0) is 30.2 Å². The van der Waals surface area contributed by atoms with Gasteiger partial charge >= 0.3 is 6.18 Å². The van der Waals surface area contributed by atoms with Crippen LogP contribution in [0.15, 0.2) is 42.5 Å². The molecule has 1 unspecified atom stereocenters. The number of benzene rings is 2. The molecule has 20 heavy (non-hydrogen) atoms. The first kappa shape index (κ1) is 14.5. The van der Waals surface area contributed by atoms with Gasteiger partial charge in [0, 0.05) is 0 Å². The highest BCUT2D eigenvalue weighted by molar-refractivity contribution is 5.38. The zero-order chi connectivity index (χ0) is 14.9. The molecule has 0 amide bonds. The Balaban J connectivity index is 2.49. The van der Waals surface area contributed by atoms with Crippen molar-refractivity contribution in [3.8, 4) is 0 Å². The van der Waals surface area contributed by atoms with Gasteiger partial charge in [0.05, 0.1) is 5.56 Å². The first-order chi connectivity index (χ1) is 9.29. The van der Waals surface area contributed by atoms with E-state index >= 15 is 0 Å². The molecular formula is C15H12F4O. The zero-order valence-corrected chi connectivity index (χ0v) is 10.6. The van der Waals surface area contributed by atoms with Gasteiger partial charge in [0.15, 0.2) is 0 Å². The Labute approximate surface area is 113 Å². The second kappa shape index (κ2) is 5.25. The Morgan fingerprint density at radius 2 is 1.60 bits per heavy atom. The van der Waals surface area contributed by atoms with Crippen molar-refractivity contribution in [2.75, 3.05) is 0 Å². The van der Waals surface area contributed by atoms with E-state index in [-0.39, 0.29) is 5.56 Å². The maximum atomic E-state index is 13.0. The van der Waals surface area contributed by atoms with Crippen LogP contribution in [0.4, 0.5) is 17.6 Å². The van der Waals surface area contributed by atoms with Crippen molar-refractivity contribution in [2.24, 2.45) is 0 Å². The van der Waals surface area contributed by atoms with E-state index < -0.39 is 23.7 Å². The zero-order valence-electron chi connectivity index (χ0n) is 10.6. The molecule has 1 atom stereocenters. The van der Waals surface area contributed by atoms with E-state index in [0.29, 0.717) is 11.6 Å². The van der Waals surface area contributed by atoms with E-state index in [0.717, 1.165) is 17.7 Å². The fourth-order valence-corrected chi connectivity index (χ4v) is 1.94. The van der Waals surface area contributed by atoms with Gasteiger partial charge in [0.2, 0.25) is 0 Å². The fraction of sp³-hybridized carbons (Fsp3) is 0.200. The topological polar surface area (TPSA) is 20.2 Å². The Morgan fingerprint density at radius 1 is 1.00 bits per heavy atom. The van der Waals surface area contributed by atoms with Gasteiger partial charge in [-0.1, -0.05) is 35.9 Å². The van der Waals surface area contributed by atoms with Crippen molar-refractivity contribution < 1.29 is 22.7 Å². The quantitative estimate of drug-likeness (QED) is 0.818. The van der Waals surface area contributed by atoms with Crippen LogP contribution < -0.4 is 0 Å². The molecule has 0 spiro atoms. The number of aryl methyl sites for hydroxylation is 1. The monoisotopic (exact) mass is 284 g/mol. The first-order valence-corrected chi connectivity index (χ1v) is 5.90. The molecule has 0 radical (unpaired) electrons. The van der Waals surface area contributed by atoms with Crippen LogP contribution in [-0.2, 0) is 6.18 Å². The maximum Gasteiger partial charge on any atom is 0.416 e. The molecule has 0 aliphatic carbocycles. The molecule has 0 bridgehead atoms. The van der Waals surface area contributed by atoms with E-state index in [1.165, 1.54) is 0 Å². The summed E-state index contributed by atoms with van der Waals surface area (Å²) < 4.78 is 51.7. The Hall–Kier alpha value is -1.88. The summed E-state index contributed by atoms with van der Waals surface area (Å²) in [5.41, 5.74) is -0.267. The summed E-state index contributed by atoms with van der Waals surface area (Å²) in [4.78, 5) is 0. The molecule has 0 heterocycles. The van der Waals surface area contributed by atoms with Gasteiger partial charge in [0.1, 0.15) is 11.9 Å². The number of aliphatic hydroxyl groups is 1. The molecule has 106 valence electrons. The van der Waals surface area contributed by atoms with E-state index in [2.05, 4.69) is 0 Å². The number of halogens is 4. The highest BCUT2D eigenvalue weighted by Crippen LogP contribution is 2.37. The molecule has 2 aromatic rings. The first-order valence-electron chi connectivity index (χ1n) is 5.90. The van der Waals surface area contributed by atoms with E-state index in [1.54, 1.807) is 24.3 Å². The van der Waals surface area contributed by atoms with Crippen LogP contribution in [0.5, 0.6) is 0 Å². The lowest BCUT2D eigenvalue weighted by Gasteiger charge is -2.18. The van der Waals surface area contributed by atoms with Gasteiger partial charge in [-0.2, -0.15) is 13.2 Å². The summed E-state index contributed by atoms with van der Waals surface area (Å²) in [7, 11) is 0. The van der Waals surface area contributed by atoms with Crippen LogP contribution in [0.3, 0.4) is 0 Å². The largest absolute Gasteiger partial charge is 0.416 e. The van der Waals surface area contributed by atoms with Gasteiger partial charge in [-0.15, -0.1) is 0 Å². The van der Waals surface area contributed by atoms with Crippen LogP contribution >= 0.6 is 0 Å². The average Bonchev–Trinajstić information content (AvgIpc) is 2.38. The second-order valence-corrected chi connectivity index (χ2v) is 4.54. The molecule has 0 saturated carbocycles. The number of rotatable bonds is 2. The molecule has 1 nitrogen and oxygen atoms in total. The van der Waals surface area contributed by atoms with Crippen molar-refractivity contribution in [3.63, 3.8) is 0 Å². The summed E-state index contributed by atoms with van der Waals surface area (Å²) in [6.07, 6.45) is -6.17.